The number of rotatable bonds is 5. The zero-order chi connectivity index (χ0) is 21.1. The Morgan fingerprint density at radius 1 is 0.900 bits per heavy atom. The van der Waals surface area contributed by atoms with Crippen LogP contribution >= 0.6 is 0 Å². The predicted molar refractivity (Wildman–Crippen MR) is 112 cm³/mol. The number of carbonyl (C=O) groups is 1. The summed E-state index contributed by atoms with van der Waals surface area (Å²) in [6.07, 6.45) is 0. The molecular formula is C24H20FN3O2. The van der Waals surface area contributed by atoms with Crippen LogP contribution in [0.4, 0.5) is 4.39 Å². The van der Waals surface area contributed by atoms with Gasteiger partial charge >= 0.3 is 0 Å². The molecule has 0 fully saturated rings. The average Bonchev–Trinajstić information content (AvgIpc) is 3.25. The molecule has 4 aromatic rings. The normalized spacial score (nSPS) is 10.8. The molecule has 1 amide bonds. The number of hydrogen-bond donors (Lipinski definition) is 1. The molecule has 1 heterocycles. The molecule has 30 heavy (non-hydrogen) atoms. The summed E-state index contributed by atoms with van der Waals surface area (Å²) in [6, 6.07) is 19.6. The summed E-state index contributed by atoms with van der Waals surface area (Å²) < 4.78 is 19.4. The van der Waals surface area contributed by atoms with Crippen molar-refractivity contribution in [1.82, 2.24) is 15.5 Å². The van der Waals surface area contributed by atoms with Gasteiger partial charge in [-0.05, 0) is 67.4 Å². The number of aryl methyl sites for hydroxylation is 2. The Kier molecular flexibility index (Phi) is 5.39. The second kappa shape index (κ2) is 8.29. The first kappa shape index (κ1) is 19.5. The third-order valence-electron chi connectivity index (χ3n) is 4.81. The fraction of sp³-hybridized carbons (Fsp3) is 0.125. The lowest BCUT2D eigenvalue weighted by molar-refractivity contribution is 0.0951. The minimum Gasteiger partial charge on any atom is -0.416 e. The Labute approximate surface area is 173 Å². The number of amides is 1. The summed E-state index contributed by atoms with van der Waals surface area (Å²) in [5.41, 5.74) is 4.50. The standard InChI is InChI=1S/C24H20FN3O2/c1-15-3-7-19(8-4-15)23-27-28-24(30-23)20-11-9-18(10-12-20)22(29)26-14-17-6-5-16(2)21(25)13-17/h3-13H,14H2,1-2H3,(H,26,29). The lowest BCUT2D eigenvalue weighted by Crippen LogP contribution is -2.22. The molecule has 0 saturated heterocycles. The fourth-order valence-electron chi connectivity index (χ4n) is 2.95. The van der Waals surface area contributed by atoms with Crippen molar-refractivity contribution in [3.05, 3.63) is 94.8 Å². The van der Waals surface area contributed by atoms with Crippen molar-refractivity contribution in [3.8, 4) is 22.9 Å². The number of benzene rings is 3. The molecule has 5 nitrogen and oxygen atoms in total. The minimum absolute atomic E-state index is 0.242. The first-order valence-corrected chi connectivity index (χ1v) is 9.54. The molecule has 1 N–H and O–H groups in total. The van der Waals surface area contributed by atoms with Gasteiger partial charge in [-0.3, -0.25) is 4.79 Å². The highest BCUT2D eigenvalue weighted by Gasteiger charge is 2.12. The molecule has 1 aromatic heterocycles. The molecule has 4 rings (SSSR count). The highest BCUT2D eigenvalue weighted by molar-refractivity contribution is 5.94. The third-order valence-corrected chi connectivity index (χ3v) is 4.81. The van der Waals surface area contributed by atoms with Crippen molar-refractivity contribution in [2.45, 2.75) is 20.4 Å². The van der Waals surface area contributed by atoms with Gasteiger partial charge in [-0.25, -0.2) is 4.39 Å². The number of hydrogen-bond acceptors (Lipinski definition) is 4. The Balaban J connectivity index is 1.43. The summed E-state index contributed by atoms with van der Waals surface area (Å²) in [5.74, 6) is 0.300. The molecule has 0 aliphatic heterocycles. The molecule has 0 saturated carbocycles. The van der Waals surface area contributed by atoms with Gasteiger partial charge in [0.05, 0.1) is 0 Å². The summed E-state index contributed by atoms with van der Waals surface area (Å²) in [4.78, 5) is 12.4. The van der Waals surface area contributed by atoms with Crippen molar-refractivity contribution >= 4 is 5.91 Å². The Morgan fingerprint density at radius 3 is 2.10 bits per heavy atom. The van der Waals surface area contributed by atoms with Crippen LogP contribution in [0, 0.1) is 19.7 Å². The minimum atomic E-state index is -0.282. The van der Waals surface area contributed by atoms with Crippen LogP contribution in [0.25, 0.3) is 22.9 Å². The second-order valence-electron chi connectivity index (χ2n) is 7.12. The first-order valence-electron chi connectivity index (χ1n) is 9.54. The molecule has 0 unspecified atom stereocenters. The van der Waals surface area contributed by atoms with E-state index >= 15 is 0 Å². The zero-order valence-corrected chi connectivity index (χ0v) is 16.6. The van der Waals surface area contributed by atoms with Crippen LogP contribution in [0.15, 0.2) is 71.1 Å². The van der Waals surface area contributed by atoms with Crippen molar-refractivity contribution in [3.63, 3.8) is 0 Å². The van der Waals surface area contributed by atoms with E-state index < -0.39 is 0 Å². The highest BCUT2D eigenvalue weighted by Crippen LogP contribution is 2.24. The Morgan fingerprint density at radius 2 is 1.50 bits per heavy atom. The molecule has 0 spiro atoms. The topological polar surface area (TPSA) is 68.0 Å². The van der Waals surface area contributed by atoms with Crippen LogP contribution in [0.1, 0.15) is 27.0 Å². The fourth-order valence-corrected chi connectivity index (χ4v) is 2.95. The summed E-state index contributed by atoms with van der Waals surface area (Å²) in [7, 11) is 0. The quantitative estimate of drug-likeness (QED) is 0.506. The van der Waals surface area contributed by atoms with Crippen molar-refractivity contribution < 1.29 is 13.6 Å². The van der Waals surface area contributed by atoms with E-state index in [0.717, 1.165) is 16.7 Å². The van der Waals surface area contributed by atoms with E-state index in [1.54, 1.807) is 43.3 Å². The lowest BCUT2D eigenvalue weighted by atomic mass is 10.1. The molecule has 0 atom stereocenters. The lowest BCUT2D eigenvalue weighted by Gasteiger charge is -2.07. The van der Waals surface area contributed by atoms with Crippen molar-refractivity contribution in [2.24, 2.45) is 0 Å². The maximum atomic E-state index is 13.6. The van der Waals surface area contributed by atoms with Gasteiger partial charge in [0.2, 0.25) is 11.8 Å². The van der Waals surface area contributed by atoms with Gasteiger partial charge in [-0.2, -0.15) is 0 Å². The van der Waals surface area contributed by atoms with Crippen LogP contribution in [-0.4, -0.2) is 16.1 Å². The maximum absolute atomic E-state index is 13.6. The molecule has 0 aliphatic rings. The number of carbonyl (C=O) groups excluding carboxylic acids is 1. The summed E-state index contributed by atoms with van der Waals surface area (Å²) in [6.45, 7) is 3.97. The van der Waals surface area contributed by atoms with Crippen LogP contribution in [-0.2, 0) is 6.54 Å². The van der Waals surface area contributed by atoms with Crippen molar-refractivity contribution in [1.29, 1.82) is 0 Å². The van der Waals surface area contributed by atoms with Gasteiger partial charge in [0.1, 0.15) is 5.82 Å². The van der Waals surface area contributed by atoms with Crippen LogP contribution in [0.3, 0.4) is 0 Å². The van der Waals surface area contributed by atoms with Crippen LogP contribution in [0.2, 0.25) is 0 Å². The van der Waals surface area contributed by atoms with E-state index in [1.165, 1.54) is 6.07 Å². The van der Waals surface area contributed by atoms with Gasteiger partial charge in [-0.1, -0.05) is 29.8 Å². The maximum Gasteiger partial charge on any atom is 0.251 e. The molecule has 0 radical (unpaired) electrons. The predicted octanol–water partition coefficient (Wildman–Crippen LogP) is 5.09. The molecule has 0 bridgehead atoms. The monoisotopic (exact) mass is 401 g/mol. The Hall–Kier alpha value is -3.80. The third kappa shape index (κ3) is 4.27. The Bertz CT molecular complexity index is 1180. The van der Waals surface area contributed by atoms with Gasteiger partial charge < -0.3 is 9.73 Å². The summed E-state index contributed by atoms with van der Waals surface area (Å²) in [5, 5.41) is 11.0. The van der Waals surface area contributed by atoms with Gasteiger partial charge in [0.25, 0.3) is 5.91 Å². The van der Waals surface area contributed by atoms with Crippen molar-refractivity contribution in [2.75, 3.05) is 0 Å². The largest absolute Gasteiger partial charge is 0.416 e. The number of aromatic nitrogens is 2. The van der Waals surface area contributed by atoms with Crippen LogP contribution < -0.4 is 5.32 Å². The zero-order valence-electron chi connectivity index (χ0n) is 16.6. The van der Waals surface area contributed by atoms with E-state index in [4.69, 9.17) is 4.42 Å². The SMILES string of the molecule is Cc1ccc(-c2nnc(-c3ccc(C(=O)NCc4ccc(C)c(F)c4)cc3)o2)cc1. The number of halogens is 1. The molecular weight excluding hydrogens is 381 g/mol. The average molecular weight is 401 g/mol. The van der Waals surface area contributed by atoms with E-state index in [1.807, 2.05) is 31.2 Å². The highest BCUT2D eigenvalue weighted by atomic mass is 19.1. The first-order chi connectivity index (χ1) is 14.5. The van der Waals surface area contributed by atoms with Crippen LogP contribution in [0.5, 0.6) is 0 Å². The van der Waals surface area contributed by atoms with E-state index in [0.29, 0.717) is 28.5 Å². The summed E-state index contributed by atoms with van der Waals surface area (Å²) >= 11 is 0. The van der Waals surface area contributed by atoms with E-state index in [9.17, 15) is 9.18 Å². The molecule has 3 aromatic carbocycles. The number of nitrogens with zero attached hydrogens (tertiary/aromatic N) is 2. The van der Waals surface area contributed by atoms with E-state index in [2.05, 4.69) is 15.5 Å². The van der Waals surface area contributed by atoms with Gasteiger partial charge in [0.15, 0.2) is 0 Å². The molecule has 0 aliphatic carbocycles. The molecule has 6 heteroatoms. The van der Waals surface area contributed by atoms with Gasteiger partial charge in [0, 0.05) is 23.2 Å². The van der Waals surface area contributed by atoms with Gasteiger partial charge in [-0.15, -0.1) is 10.2 Å². The van der Waals surface area contributed by atoms with E-state index in [-0.39, 0.29) is 18.3 Å². The smallest absolute Gasteiger partial charge is 0.251 e. The number of nitrogens with one attached hydrogen (secondary N) is 1. The second-order valence-corrected chi connectivity index (χ2v) is 7.12. The molecule has 150 valence electrons.